The van der Waals surface area contributed by atoms with Gasteiger partial charge in [0.25, 0.3) is 5.56 Å². The largest absolute Gasteiger partial charge is 0.337 e. The van der Waals surface area contributed by atoms with E-state index in [1.54, 1.807) is 0 Å². The second-order valence-corrected chi connectivity index (χ2v) is 8.87. The summed E-state index contributed by atoms with van der Waals surface area (Å²) in [4.78, 5) is 33.3. The Morgan fingerprint density at radius 3 is 2.83 bits per heavy atom. The number of fused-ring (bicyclic) bond motifs is 2. The summed E-state index contributed by atoms with van der Waals surface area (Å²) in [5.74, 6) is 0.255. The monoisotopic (exact) mass is 408 g/mol. The molecule has 0 saturated carbocycles. The molecule has 1 aliphatic heterocycles. The van der Waals surface area contributed by atoms with Crippen LogP contribution < -0.4 is 10.5 Å². The van der Waals surface area contributed by atoms with Crippen LogP contribution in [0.1, 0.15) is 48.9 Å². The molecule has 2 aromatic heterocycles. The second kappa shape index (κ2) is 7.71. The summed E-state index contributed by atoms with van der Waals surface area (Å²) in [5.41, 5.74) is 2.92. The number of ketones is 1. The Morgan fingerprint density at radius 1 is 1.14 bits per heavy atom. The van der Waals surface area contributed by atoms with Crippen molar-refractivity contribution >= 4 is 27.2 Å². The third kappa shape index (κ3) is 3.48. The summed E-state index contributed by atoms with van der Waals surface area (Å²) in [5, 5.41) is 5.33. The number of anilines is 1. The Bertz CT molecular complexity index is 1110. The van der Waals surface area contributed by atoms with E-state index < -0.39 is 0 Å². The molecule has 1 fully saturated rings. The van der Waals surface area contributed by atoms with Crippen LogP contribution in [0.25, 0.3) is 4.96 Å². The standard InChI is InChI=1S/C22H24N4O2S/c27-19(13-12-15-7-2-1-3-8-15)18-11-6-14-25(18)22-24-26-20(28)16-9-4-5-10-17(16)23-21(26)29-22/h1-3,7-8,18H,4-6,9-14H2/t18-/m1/s1. The normalized spacial score (nSPS) is 18.9. The van der Waals surface area contributed by atoms with Gasteiger partial charge in [-0.05, 0) is 50.5 Å². The molecular weight excluding hydrogens is 384 g/mol. The van der Waals surface area contributed by atoms with Crippen LogP contribution in [0, 0.1) is 0 Å². The summed E-state index contributed by atoms with van der Waals surface area (Å²) >= 11 is 1.43. The first-order chi connectivity index (χ1) is 14.2. The molecule has 3 aromatic rings. The highest BCUT2D eigenvalue weighted by Crippen LogP contribution is 2.31. The lowest BCUT2D eigenvalue weighted by Crippen LogP contribution is -2.36. The Labute approximate surface area is 173 Å². The minimum absolute atomic E-state index is 0.0293. The number of carbonyl (C=O) groups excluding carboxylic acids is 1. The fourth-order valence-corrected chi connectivity index (χ4v) is 5.48. The van der Waals surface area contributed by atoms with E-state index in [4.69, 9.17) is 4.98 Å². The van der Waals surface area contributed by atoms with Crippen LogP contribution >= 0.6 is 11.3 Å². The highest BCUT2D eigenvalue weighted by molar-refractivity contribution is 7.20. The van der Waals surface area contributed by atoms with E-state index in [0.29, 0.717) is 11.4 Å². The maximum absolute atomic E-state index is 12.9. The van der Waals surface area contributed by atoms with Gasteiger partial charge < -0.3 is 4.90 Å². The number of carbonyl (C=O) groups is 1. The van der Waals surface area contributed by atoms with Crippen molar-refractivity contribution in [3.63, 3.8) is 0 Å². The molecule has 7 heteroatoms. The third-order valence-corrected chi connectivity index (χ3v) is 6.99. The quantitative estimate of drug-likeness (QED) is 0.649. The Morgan fingerprint density at radius 2 is 1.97 bits per heavy atom. The molecule has 1 aliphatic carbocycles. The van der Waals surface area contributed by atoms with Gasteiger partial charge in [-0.1, -0.05) is 41.7 Å². The molecule has 3 heterocycles. The highest BCUT2D eigenvalue weighted by Gasteiger charge is 2.33. The molecule has 0 radical (unpaired) electrons. The average molecular weight is 409 g/mol. The maximum atomic E-state index is 12.9. The first kappa shape index (κ1) is 18.5. The number of aryl methyl sites for hydroxylation is 2. The van der Waals surface area contributed by atoms with Gasteiger partial charge in [-0.3, -0.25) is 9.59 Å². The molecule has 150 valence electrons. The first-order valence-electron chi connectivity index (χ1n) is 10.5. The van der Waals surface area contributed by atoms with Crippen LogP contribution in [-0.2, 0) is 24.1 Å². The summed E-state index contributed by atoms with van der Waals surface area (Å²) in [7, 11) is 0. The van der Waals surface area contributed by atoms with Gasteiger partial charge >= 0.3 is 0 Å². The van der Waals surface area contributed by atoms with E-state index in [9.17, 15) is 9.59 Å². The van der Waals surface area contributed by atoms with Crippen molar-refractivity contribution in [3.8, 4) is 0 Å². The van der Waals surface area contributed by atoms with E-state index in [-0.39, 0.29) is 17.4 Å². The molecule has 5 rings (SSSR count). The van der Waals surface area contributed by atoms with Crippen LogP contribution in [0.15, 0.2) is 35.1 Å². The number of rotatable bonds is 5. The van der Waals surface area contributed by atoms with Gasteiger partial charge in [0.1, 0.15) is 0 Å². The number of benzene rings is 1. The lowest BCUT2D eigenvalue weighted by atomic mass is 9.97. The minimum atomic E-state index is -0.149. The Hall–Kier alpha value is -2.54. The van der Waals surface area contributed by atoms with E-state index >= 15 is 0 Å². The minimum Gasteiger partial charge on any atom is -0.337 e. The lowest BCUT2D eigenvalue weighted by molar-refractivity contribution is -0.120. The van der Waals surface area contributed by atoms with Crippen molar-refractivity contribution in [3.05, 3.63) is 57.5 Å². The summed E-state index contributed by atoms with van der Waals surface area (Å²) < 4.78 is 1.45. The number of aromatic nitrogens is 3. The van der Waals surface area contributed by atoms with Crippen LogP contribution in [0.5, 0.6) is 0 Å². The van der Waals surface area contributed by atoms with E-state index in [1.165, 1.54) is 21.4 Å². The van der Waals surface area contributed by atoms with Crippen LogP contribution in [0.3, 0.4) is 0 Å². The molecule has 0 N–H and O–H groups in total. The van der Waals surface area contributed by atoms with Crippen molar-refractivity contribution in [1.82, 2.24) is 14.6 Å². The van der Waals surface area contributed by atoms with Gasteiger partial charge in [0, 0.05) is 18.5 Å². The number of hydrogen-bond donors (Lipinski definition) is 0. The lowest BCUT2D eigenvalue weighted by Gasteiger charge is -2.22. The van der Waals surface area contributed by atoms with E-state index in [1.807, 2.05) is 18.2 Å². The molecule has 29 heavy (non-hydrogen) atoms. The Kier molecular flexibility index (Phi) is 4.91. The summed E-state index contributed by atoms with van der Waals surface area (Å²) in [6, 6.07) is 9.98. The molecule has 0 bridgehead atoms. The van der Waals surface area contributed by atoms with E-state index in [2.05, 4.69) is 22.1 Å². The zero-order chi connectivity index (χ0) is 19.8. The third-order valence-electron chi connectivity index (χ3n) is 6.04. The molecule has 0 unspecified atom stereocenters. The summed E-state index contributed by atoms with van der Waals surface area (Å²) in [6.07, 6.45) is 6.90. The van der Waals surface area contributed by atoms with Crippen molar-refractivity contribution in [1.29, 1.82) is 0 Å². The van der Waals surface area contributed by atoms with Crippen molar-refractivity contribution in [2.24, 2.45) is 0 Å². The van der Waals surface area contributed by atoms with Crippen molar-refractivity contribution in [2.75, 3.05) is 11.4 Å². The van der Waals surface area contributed by atoms with Gasteiger partial charge in [-0.25, -0.2) is 4.98 Å². The van der Waals surface area contributed by atoms with Crippen molar-refractivity contribution < 1.29 is 4.79 Å². The van der Waals surface area contributed by atoms with Gasteiger partial charge in [-0.15, -0.1) is 5.10 Å². The molecular formula is C22H24N4O2S. The average Bonchev–Trinajstić information content (AvgIpc) is 3.40. The molecule has 1 aromatic carbocycles. The zero-order valence-corrected chi connectivity index (χ0v) is 17.2. The van der Waals surface area contributed by atoms with Crippen LogP contribution in [0.2, 0.25) is 0 Å². The Balaban J connectivity index is 1.39. The highest BCUT2D eigenvalue weighted by atomic mass is 32.1. The molecule has 0 amide bonds. The molecule has 2 aliphatic rings. The summed E-state index contributed by atoms with van der Waals surface area (Å²) in [6.45, 7) is 0.802. The smallest absolute Gasteiger partial charge is 0.278 e. The van der Waals surface area contributed by atoms with Crippen LogP contribution in [-0.4, -0.2) is 33.0 Å². The van der Waals surface area contributed by atoms with Gasteiger partial charge in [0.05, 0.1) is 11.7 Å². The van der Waals surface area contributed by atoms with E-state index in [0.717, 1.165) is 67.9 Å². The SMILES string of the molecule is O=C(CCc1ccccc1)[C@H]1CCCN1c1nn2c(=O)c3c(nc2s1)CCCC3. The number of nitrogens with zero attached hydrogens (tertiary/aromatic N) is 4. The number of hydrogen-bond acceptors (Lipinski definition) is 6. The van der Waals surface area contributed by atoms with Crippen molar-refractivity contribution in [2.45, 2.75) is 57.4 Å². The fraction of sp³-hybridized carbons (Fsp3) is 0.455. The predicted octanol–water partition coefficient (Wildman–Crippen LogP) is 3.20. The number of Topliss-reactive ketones (excluding diaryl/α,β-unsaturated/α-hetero) is 1. The van der Waals surface area contributed by atoms with Gasteiger partial charge in [-0.2, -0.15) is 4.52 Å². The molecule has 1 saturated heterocycles. The van der Waals surface area contributed by atoms with Gasteiger partial charge in [0.15, 0.2) is 5.78 Å². The molecule has 6 nitrogen and oxygen atoms in total. The zero-order valence-electron chi connectivity index (χ0n) is 16.3. The fourth-order valence-electron chi connectivity index (χ4n) is 4.49. The molecule has 1 atom stereocenters. The predicted molar refractivity (Wildman–Crippen MR) is 114 cm³/mol. The molecule has 0 spiro atoms. The first-order valence-corrected chi connectivity index (χ1v) is 11.3. The van der Waals surface area contributed by atoms with Crippen LogP contribution in [0.4, 0.5) is 5.13 Å². The maximum Gasteiger partial charge on any atom is 0.278 e. The topological polar surface area (TPSA) is 67.6 Å². The second-order valence-electron chi connectivity index (χ2n) is 7.93. The van der Waals surface area contributed by atoms with Gasteiger partial charge in [0.2, 0.25) is 10.1 Å².